The van der Waals surface area contributed by atoms with Gasteiger partial charge in [0.2, 0.25) is 0 Å². The first kappa shape index (κ1) is 10.4. The second-order valence-electron chi connectivity index (χ2n) is 2.69. The van der Waals surface area contributed by atoms with Crippen LogP contribution >= 0.6 is 0 Å². The van der Waals surface area contributed by atoms with Crippen LogP contribution in [0.25, 0.3) is 0 Å². The Kier molecular flexibility index (Phi) is 5.03. The number of hydrogen-bond acceptors (Lipinski definition) is 2. The molecule has 1 aromatic rings. The van der Waals surface area contributed by atoms with Gasteiger partial charge in [0.05, 0.1) is 19.6 Å². The molecular weight excluding hydrogens is 176 g/mol. The molecule has 2 heteroatoms. The van der Waals surface area contributed by atoms with E-state index in [9.17, 15) is 0 Å². The van der Waals surface area contributed by atoms with Gasteiger partial charge in [-0.25, -0.2) is 0 Å². The second kappa shape index (κ2) is 6.78. The maximum absolute atomic E-state index is 5.28. The summed E-state index contributed by atoms with van der Waals surface area (Å²) in [6.07, 6.45) is 6.78. The van der Waals surface area contributed by atoms with Gasteiger partial charge in [-0.15, -0.1) is 0 Å². The third-order valence-electron chi connectivity index (χ3n) is 1.59. The molecule has 1 aromatic carbocycles. The van der Waals surface area contributed by atoms with Crippen LogP contribution < -0.4 is 0 Å². The highest BCUT2D eigenvalue weighted by Gasteiger charge is 1.86. The zero-order valence-corrected chi connectivity index (χ0v) is 8.22. The summed E-state index contributed by atoms with van der Waals surface area (Å²) in [5, 5.41) is 0. The Balaban J connectivity index is 2.22. The third kappa shape index (κ3) is 4.36. The van der Waals surface area contributed by atoms with Crippen LogP contribution in [-0.2, 0) is 16.1 Å². The second-order valence-corrected chi connectivity index (χ2v) is 2.69. The van der Waals surface area contributed by atoms with E-state index in [1.165, 1.54) is 0 Å². The van der Waals surface area contributed by atoms with E-state index in [1.54, 1.807) is 31.8 Å². The lowest BCUT2D eigenvalue weighted by Crippen LogP contribution is -1.84. The first-order valence-corrected chi connectivity index (χ1v) is 4.43. The van der Waals surface area contributed by atoms with Crippen LogP contribution in [-0.4, -0.2) is 7.11 Å². The fourth-order valence-corrected chi connectivity index (χ4v) is 0.943. The molecule has 0 amide bonds. The minimum atomic E-state index is 0.595. The molecule has 0 unspecified atom stereocenters. The first-order valence-electron chi connectivity index (χ1n) is 4.43. The van der Waals surface area contributed by atoms with Crippen LogP contribution in [0.5, 0.6) is 0 Å². The number of allylic oxidation sites excluding steroid dienone is 2. The molecule has 0 heterocycles. The minimum absolute atomic E-state index is 0.595. The average Bonchev–Trinajstić information content (AvgIpc) is 2.25. The Bertz CT molecular complexity index is 288. The van der Waals surface area contributed by atoms with Gasteiger partial charge >= 0.3 is 0 Å². The van der Waals surface area contributed by atoms with Crippen molar-refractivity contribution in [3.63, 3.8) is 0 Å². The van der Waals surface area contributed by atoms with E-state index in [4.69, 9.17) is 9.47 Å². The van der Waals surface area contributed by atoms with E-state index in [1.807, 2.05) is 30.3 Å². The number of hydrogen-bond donors (Lipinski definition) is 0. The highest BCUT2D eigenvalue weighted by atomic mass is 16.5. The van der Waals surface area contributed by atoms with Crippen molar-refractivity contribution in [2.24, 2.45) is 0 Å². The van der Waals surface area contributed by atoms with E-state index in [0.717, 1.165) is 5.56 Å². The van der Waals surface area contributed by atoms with E-state index in [2.05, 4.69) is 0 Å². The summed E-state index contributed by atoms with van der Waals surface area (Å²) < 4.78 is 10.00. The minimum Gasteiger partial charge on any atom is -0.504 e. The van der Waals surface area contributed by atoms with Crippen LogP contribution in [0.15, 0.2) is 55.0 Å². The molecule has 0 bridgehead atoms. The molecule has 0 aliphatic heterocycles. The molecule has 2 nitrogen and oxygen atoms in total. The Morgan fingerprint density at radius 1 is 1.07 bits per heavy atom. The van der Waals surface area contributed by atoms with Crippen LogP contribution in [0.1, 0.15) is 5.56 Å². The number of rotatable bonds is 5. The highest BCUT2D eigenvalue weighted by molar-refractivity contribution is 5.13. The lowest BCUT2D eigenvalue weighted by molar-refractivity contribution is 0.236. The Morgan fingerprint density at radius 2 is 1.79 bits per heavy atom. The maximum Gasteiger partial charge on any atom is 0.112 e. The van der Waals surface area contributed by atoms with Crippen molar-refractivity contribution >= 4 is 0 Å². The van der Waals surface area contributed by atoms with Gasteiger partial charge in [-0.2, -0.15) is 0 Å². The topological polar surface area (TPSA) is 18.5 Å². The molecule has 0 aromatic heterocycles. The fourth-order valence-electron chi connectivity index (χ4n) is 0.943. The summed E-state index contributed by atoms with van der Waals surface area (Å²) in [5.74, 6) is 0. The van der Waals surface area contributed by atoms with E-state index in [0.29, 0.717) is 6.61 Å². The lowest BCUT2D eigenvalue weighted by atomic mass is 10.2. The Labute approximate surface area is 84.5 Å². The zero-order chi connectivity index (χ0) is 10.1. The Morgan fingerprint density at radius 3 is 2.50 bits per heavy atom. The average molecular weight is 190 g/mol. The zero-order valence-electron chi connectivity index (χ0n) is 8.22. The van der Waals surface area contributed by atoms with E-state index in [-0.39, 0.29) is 0 Å². The normalized spacial score (nSPS) is 10.9. The summed E-state index contributed by atoms with van der Waals surface area (Å²) in [5.41, 5.74) is 1.16. The van der Waals surface area contributed by atoms with Crippen molar-refractivity contribution in [2.75, 3.05) is 7.11 Å². The molecule has 0 aliphatic carbocycles. The van der Waals surface area contributed by atoms with Crippen LogP contribution in [0.4, 0.5) is 0 Å². The molecule has 0 radical (unpaired) electrons. The maximum atomic E-state index is 5.28. The lowest BCUT2D eigenvalue weighted by Gasteiger charge is -1.99. The van der Waals surface area contributed by atoms with Crippen molar-refractivity contribution in [1.82, 2.24) is 0 Å². The van der Waals surface area contributed by atoms with E-state index >= 15 is 0 Å². The molecule has 74 valence electrons. The van der Waals surface area contributed by atoms with Crippen molar-refractivity contribution in [2.45, 2.75) is 6.61 Å². The molecule has 0 spiro atoms. The summed E-state index contributed by atoms with van der Waals surface area (Å²) in [6, 6.07) is 10.0. The third-order valence-corrected chi connectivity index (χ3v) is 1.59. The highest BCUT2D eigenvalue weighted by Crippen LogP contribution is 2.00. The molecule has 0 N–H and O–H groups in total. The molecule has 14 heavy (non-hydrogen) atoms. The molecular formula is C12H14O2. The van der Waals surface area contributed by atoms with Crippen molar-refractivity contribution < 1.29 is 9.47 Å². The van der Waals surface area contributed by atoms with Crippen LogP contribution in [0, 0.1) is 0 Å². The smallest absolute Gasteiger partial charge is 0.112 e. The number of benzene rings is 1. The van der Waals surface area contributed by atoms with Crippen molar-refractivity contribution in [3.8, 4) is 0 Å². The summed E-state index contributed by atoms with van der Waals surface area (Å²) in [6.45, 7) is 0.595. The van der Waals surface area contributed by atoms with Gasteiger partial charge in [-0.1, -0.05) is 30.3 Å². The van der Waals surface area contributed by atoms with Crippen molar-refractivity contribution in [1.29, 1.82) is 0 Å². The summed E-state index contributed by atoms with van der Waals surface area (Å²) >= 11 is 0. The van der Waals surface area contributed by atoms with Crippen LogP contribution in [0.2, 0.25) is 0 Å². The fraction of sp³-hybridized carbons (Fsp3) is 0.167. The molecule has 0 saturated heterocycles. The molecule has 0 fully saturated rings. The van der Waals surface area contributed by atoms with E-state index < -0.39 is 0 Å². The predicted molar refractivity (Wildman–Crippen MR) is 56.5 cm³/mol. The SMILES string of the molecule is CO/C=C/C=C\OCc1ccccc1. The standard InChI is InChI=1S/C12H14O2/c1-13-9-5-6-10-14-11-12-7-3-2-4-8-12/h2-10H,11H2,1H3/b9-5+,10-6-. The Hall–Kier alpha value is -1.70. The van der Waals surface area contributed by atoms with Gasteiger partial charge in [0.15, 0.2) is 0 Å². The van der Waals surface area contributed by atoms with Gasteiger partial charge < -0.3 is 9.47 Å². The van der Waals surface area contributed by atoms with Gasteiger partial charge in [-0.3, -0.25) is 0 Å². The summed E-state index contributed by atoms with van der Waals surface area (Å²) in [7, 11) is 1.61. The quantitative estimate of drug-likeness (QED) is 0.525. The largest absolute Gasteiger partial charge is 0.504 e. The van der Waals surface area contributed by atoms with Gasteiger partial charge in [0.1, 0.15) is 6.61 Å². The van der Waals surface area contributed by atoms with Gasteiger partial charge in [-0.05, 0) is 17.7 Å². The molecule has 1 rings (SSSR count). The predicted octanol–water partition coefficient (Wildman–Crippen LogP) is 2.88. The van der Waals surface area contributed by atoms with Crippen LogP contribution in [0.3, 0.4) is 0 Å². The number of ether oxygens (including phenoxy) is 2. The first-order chi connectivity index (χ1) is 6.93. The van der Waals surface area contributed by atoms with Crippen molar-refractivity contribution in [3.05, 3.63) is 60.6 Å². The van der Waals surface area contributed by atoms with Gasteiger partial charge in [0.25, 0.3) is 0 Å². The monoisotopic (exact) mass is 190 g/mol. The summed E-state index contributed by atoms with van der Waals surface area (Å²) in [4.78, 5) is 0. The van der Waals surface area contributed by atoms with Gasteiger partial charge in [0, 0.05) is 0 Å². The number of methoxy groups -OCH3 is 1. The molecule has 0 saturated carbocycles. The molecule has 0 atom stereocenters. The molecule has 0 aliphatic rings.